The van der Waals surface area contributed by atoms with Crippen LogP contribution in [0.3, 0.4) is 0 Å². The van der Waals surface area contributed by atoms with Gasteiger partial charge in [-0.3, -0.25) is 14.1 Å². The molecule has 1 saturated heterocycles. The summed E-state index contributed by atoms with van der Waals surface area (Å²) in [6, 6.07) is 16.5. The van der Waals surface area contributed by atoms with Gasteiger partial charge in [0.1, 0.15) is 0 Å². The second-order valence-corrected chi connectivity index (χ2v) is 9.84. The zero-order valence-electron chi connectivity index (χ0n) is 16.9. The maximum absolute atomic E-state index is 12.8. The highest BCUT2D eigenvalue weighted by Gasteiger charge is 2.18. The van der Waals surface area contributed by atoms with E-state index in [2.05, 4.69) is 15.0 Å². The summed E-state index contributed by atoms with van der Waals surface area (Å²) in [7, 11) is 0. The molecule has 0 radical (unpaired) electrons. The van der Waals surface area contributed by atoms with E-state index in [1.807, 2.05) is 35.7 Å². The van der Waals surface area contributed by atoms with Crippen molar-refractivity contribution in [2.45, 2.75) is 6.42 Å². The lowest BCUT2D eigenvalue weighted by Crippen LogP contribution is -2.42. The van der Waals surface area contributed by atoms with Crippen molar-refractivity contribution in [3.05, 3.63) is 76.8 Å². The summed E-state index contributed by atoms with van der Waals surface area (Å²) in [5.41, 5.74) is 3.53. The molecule has 1 amide bonds. The number of rotatable bonds is 4. The van der Waals surface area contributed by atoms with Crippen LogP contribution < -0.4 is 14.3 Å². The van der Waals surface area contributed by atoms with Crippen LogP contribution in [0.5, 0.6) is 0 Å². The molecule has 3 heterocycles. The highest BCUT2D eigenvalue weighted by atomic mass is 35.5. The topological polar surface area (TPSA) is 74.3 Å². The Bertz CT molecular complexity index is 1320. The number of hydrogen-bond donors (Lipinski definition) is 2. The van der Waals surface area contributed by atoms with E-state index in [4.69, 9.17) is 11.6 Å². The van der Waals surface area contributed by atoms with Gasteiger partial charge in [-0.05, 0) is 71.8 Å². The van der Waals surface area contributed by atoms with E-state index in [0.29, 0.717) is 22.8 Å². The maximum Gasteiger partial charge on any atom is 0.255 e. The molecule has 9 heteroatoms. The molecule has 5 rings (SSSR count). The Balaban J connectivity index is 1.37. The Labute approximate surface area is 197 Å². The number of amides is 1. The molecule has 162 valence electrons. The number of anilines is 2. The van der Waals surface area contributed by atoms with Crippen LogP contribution in [0.1, 0.15) is 16.8 Å². The molecule has 0 aliphatic carbocycles. The number of thiophene rings is 1. The predicted molar refractivity (Wildman–Crippen MR) is 133 cm³/mol. The molecule has 2 aromatic heterocycles. The lowest BCUT2D eigenvalue weighted by Gasteiger charge is -2.27. The van der Waals surface area contributed by atoms with Gasteiger partial charge < -0.3 is 5.32 Å². The highest BCUT2D eigenvalue weighted by Crippen LogP contribution is 2.36. The first-order valence-electron chi connectivity index (χ1n) is 10.1. The van der Waals surface area contributed by atoms with Crippen molar-refractivity contribution in [3.63, 3.8) is 0 Å². The van der Waals surface area contributed by atoms with Crippen molar-refractivity contribution in [2.24, 2.45) is 0 Å². The number of carbonyl (C=O) groups excluding carboxylic acids is 1. The normalized spacial score (nSPS) is 16.3. The molecule has 2 aromatic carbocycles. The van der Waals surface area contributed by atoms with Crippen LogP contribution in [0.2, 0.25) is 5.02 Å². The fourth-order valence-corrected chi connectivity index (χ4v) is 5.81. The number of benzene rings is 2. The number of nitrogens with one attached hydrogen (secondary N) is 2. The van der Waals surface area contributed by atoms with Crippen LogP contribution in [-0.2, 0) is 11.2 Å². The number of carbonyl (C=O) groups is 1. The summed E-state index contributed by atoms with van der Waals surface area (Å²) in [5, 5.41) is 6.64. The molecule has 1 aliphatic rings. The van der Waals surface area contributed by atoms with Crippen molar-refractivity contribution in [1.29, 1.82) is 0 Å². The molecule has 4 aromatic rings. The van der Waals surface area contributed by atoms with Crippen molar-refractivity contribution < 1.29 is 9.00 Å². The number of nitrogens with zero attached hydrogens (tertiary/aromatic N) is 2. The number of aromatic nitrogens is 1. The van der Waals surface area contributed by atoms with E-state index in [0.717, 1.165) is 40.0 Å². The molecule has 1 aliphatic heterocycles. The van der Waals surface area contributed by atoms with Gasteiger partial charge in [0, 0.05) is 36.1 Å². The third-order valence-electron chi connectivity index (χ3n) is 5.23. The van der Waals surface area contributed by atoms with Gasteiger partial charge in [-0.1, -0.05) is 11.6 Å². The van der Waals surface area contributed by atoms with E-state index in [-0.39, 0.29) is 5.91 Å². The van der Waals surface area contributed by atoms with Crippen molar-refractivity contribution in [3.8, 4) is 11.3 Å². The predicted octanol–water partition coefficient (Wildman–Crippen LogP) is 5.25. The van der Waals surface area contributed by atoms with Crippen LogP contribution in [0, 0.1) is 0 Å². The molecule has 1 fully saturated rings. The summed E-state index contributed by atoms with van der Waals surface area (Å²) >= 11 is 6.84. The van der Waals surface area contributed by atoms with Crippen molar-refractivity contribution >= 4 is 61.5 Å². The molecule has 0 spiro atoms. The summed E-state index contributed by atoms with van der Waals surface area (Å²) in [5.74, 6) is -0.231. The van der Waals surface area contributed by atoms with Gasteiger partial charge in [-0.25, -0.2) is 8.93 Å². The smallest absolute Gasteiger partial charge is 0.255 e. The molecule has 0 bridgehead atoms. The zero-order chi connectivity index (χ0) is 22.1. The minimum absolute atomic E-state index is 0.231. The van der Waals surface area contributed by atoms with Crippen molar-refractivity contribution in [2.75, 3.05) is 22.7 Å². The Morgan fingerprint density at radius 1 is 1.16 bits per heavy atom. The van der Waals surface area contributed by atoms with Crippen LogP contribution >= 0.6 is 22.9 Å². The maximum atomic E-state index is 12.8. The monoisotopic (exact) mass is 482 g/mol. The van der Waals surface area contributed by atoms with Gasteiger partial charge in [0.15, 0.2) is 11.2 Å². The van der Waals surface area contributed by atoms with Gasteiger partial charge in [-0.2, -0.15) is 0 Å². The fourth-order valence-electron chi connectivity index (χ4n) is 3.62. The number of halogens is 1. The van der Waals surface area contributed by atoms with Crippen molar-refractivity contribution in [1.82, 2.24) is 9.71 Å². The Kier molecular flexibility index (Phi) is 5.93. The highest BCUT2D eigenvalue weighted by molar-refractivity contribution is 7.84. The second-order valence-electron chi connectivity index (χ2n) is 7.29. The quantitative estimate of drug-likeness (QED) is 0.417. The molecule has 32 heavy (non-hydrogen) atoms. The lowest BCUT2D eigenvalue weighted by molar-refractivity contribution is 0.102. The minimum atomic E-state index is -1.24. The van der Waals surface area contributed by atoms with Crippen LogP contribution in [-0.4, -0.2) is 28.2 Å². The number of pyridine rings is 1. The van der Waals surface area contributed by atoms with E-state index >= 15 is 0 Å². The second kappa shape index (κ2) is 8.99. The summed E-state index contributed by atoms with van der Waals surface area (Å²) in [6.45, 7) is 1.45. The molecular formula is C23H19ClN4O2S2. The number of hydrogen-bond acceptors (Lipinski definition) is 4. The Morgan fingerprint density at radius 2 is 2.00 bits per heavy atom. The van der Waals surface area contributed by atoms with Gasteiger partial charge in [0.2, 0.25) is 0 Å². The van der Waals surface area contributed by atoms with Crippen LogP contribution in [0.4, 0.5) is 11.4 Å². The van der Waals surface area contributed by atoms with Gasteiger partial charge >= 0.3 is 0 Å². The van der Waals surface area contributed by atoms with E-state index in [1.54, 1.807) is 46.1 Å². The molecule has 2 N–H and O–H groups in total. The minimum Gasteiger partial charge on any atom is -0.322 e. The van der Waals surface area contributed by atoms with E-state index < -0.39 is 11.2 Å². The lowest BCUT2D eigenvalue weighted by atomic mass is 10.1. The van der Waals surface area contributed by atoms with E-state index in [9.17, 15) is 9.00 Å². The van der Waals surface area contributed by atoms with Gasteiger partial charge in [0.05, 0.1) is 21.1 Å². The fraction of sp³-hybridized carbons (Fsp3) is 0.130. The van der Waals surface area contributed by atoms with Gasteiger partial charge in [-0.15, -0.1) is 11.3 Å². The molecule has 6 nitrogen and oxygen atoms in total. The average Bonchev–Trinajstić information content (AvgIpc) is 3.30. The first-order chi connectivity index (χ1) is 15.6. The summed E-state index contributed by atoms with van der Waals surface area (Å²) < 4.78 is 17.9. The largest absolute Gasteiger partial charge is 0.322 e. The third-order valence-corrected chi connectivity index (χ3v) is 7.74. The first kappa shape index (κ1) is 21.1. The molecular weight excluding hydrogens is 464 g/mol. The first-order valence-corrected chi connectivity index (χ1v) is 12.4. The third kappa shape index (κ3) is 4.14. The molecule has 1 atom stereocenters. The Hall–Kier alpha value is -2.78. The SMILES string of the molecule is O=C(Nc1ccc(Cl)c(-c2nccc3ccsc23)c1)c1ccc(N2CCCNS2=O)cc1. The van der Waals surface area contributed by atoms with E-state index in [1.165, 1.54) is 0 Å². The Morgan fingerprint density at radius 3 is 2.81 bits per heavy atom. The number of fused-ring (bicyclic) bond motifs is 1. The van der Waals surface area contributed by atoms with Crippen LogP contribution in [0.25, 0.3) is 21.3 Å². The summed E-state index contributed by atoms with van der Waals surface area (Å²) in [4.78, 5) is 17.4. The molecule has 0 saturated carbocycles. The standard InChI is InChI=1S/C23H19ClN4O2S2/c24-20-7-4-17(14-19(20)21-22-15(8-11-25-21)9-13-31-22)27-23(29)16-2-5-18(6-3-16)28-12-1-10-26-32(28)30/h2-9,11,13-14,26H,1,10,12H2,(H,27,29). The van der Waals surface area contributed by atoms with Crippen LogP contribution in [0.15, 0.2) is 66.2 Å². The molecule has 1 unspecified atom stereocenters. The average molecular weight is 483 g/mol. The summed E-state index contributed by atoms with van der Waals surface area (Å²) in [6.07, 6.45) is 2.68. The zero-order valence-corrected chi connectivity index (χ0v) is 19.3. The van der Waals surface area contributed by atoms with Gasteiger partial charge in [0.25, 0.3) is 5.91 Å².